The third-order valence-corrected chi connectivity index (χ3v) is 8.61. The van der Waals surface area contributed by atoms with E-state index in [2.05, 4.69) is 10.0 Å². The zero-order valence-corrected chi connectivity index (χ0v) is 25.0. The number of aliphatic hydroxyl groups excluding tert-OH is 2. The summed E-state index contributed by atoms with van der Waals surface area (Å²) in [7, 11) is -3.89. The molecule has 1 atom stereocenters. The van der Waals surface area contributed by atoms with E-state index in [-0.39, 0.29) is 30.4 Å². The summed E-state index contributed by atoms with van der Waals surface area (Å²) < 4.78 is 38.8. The van der Waals surface area contributed by atoms with E-state index in [4.69, 9.17) is 20.3 Å². The highest BCUT2D eigenvalue weighted by Gasteiger charge is 2.23. The molecule has 10 nitrogen and oxygen atoms in total. The minimum atomic E-state index is -3.89. The van der Waals surface area contributed by atoms with Gasteiger partial charge in [-0.05, 0) is 85.2 Å². The number of carbonyl (C=O) groups is 1. The van der Waals surface area contributed by atoms with Crippen molar-refractivity contribution in [1.82, 2.24) is 10.0 Å². The van der Waals surface area contributed by atoms with Crippen LogP contribution in [0.25, 0.3) is 11.1 Å². The summed E-state index contributed by atoms with van der Waals surface area (Å²) in [5.41, 5.74) is 8.99. The lowest BCUT2D eigenvalue weighted by Crippen LogP contribution is -2.33. The maximum atomic E-state index is 13.0. The number of nitrogens with one attached hydrogen (secondary N) is 2. The van der Waals surface area contributed by atoms with Gasteiger partial charge in [0.2, 0.25) is 10.0 Å². The van der Waals surface area contributed by atoms with E-state index in [1.807, 2.05) is 24.3 Å². The molecule has 1 aliphatic rings. The van der Waals surface area contributed by atoms with Gasteiger partial charge < -0.3 is 30.7 Å². The lowest BCUT2D eigenvalue weighted by molar-refractivity contribution is 0.0969. The predicted octanol–water partition coefficient (Wildman–Crippen LogP) is 3.79. The standard InChI is InChI=1S/C32H41N3O7S/c33-26-12-7-24(8-13-26)30(37)22-34-17-19-41-27-14-9-23(10-15-27)25-11-16-29(32(38)35-43(39,40)20-4-18-36)31(21-25)42-28-5-2-1-3-6-28/h7-16,21,28,30,34,36-37H,1-6,17-20,22,33H2,(H,35,38)/t30-/m1/s1. The number of carbonyl (C=O) groups excluding carboxylic acids is 1. The van der Waals surface area contributed by atoms with E-state index in [0.29, 0.717) is 36.9 Å². The molecule has 1 aliphatic carbocycles. The van der Waals surface area contributed by atoms with Gasteiger partial charge in [-0.1, -0.05) is 36.8 Å². The van der Waals surface area contributed by atoms with Gasteiger partial charge in [0.25, 0.3) is 5.91 Å². The number of benzene rings is 3. The van der Waals surface area contributed by atoms with Crippen LogP contribution < -0.4 is 25.2 Å². The van der Waals surface area contributed by atoms with Crippen molar-refractivity contribution >= 4 is 21.6 Å². The van der Waals surface area contributed by atoms with Gasteiger partial charge in [-0.3, -0.25) is 4.79 Å². The van der Waals surface area contributed by atoms with Crippen LogP contribution in [0.4, 0.5) is 5.69 Å². The Labute approximate surface area is 253 Å². The van der Waals surface area contributed by atoms with Crippen LogP contribution in [0.2, 0.25) is 0 Å². The molecular formula is C32H41N3O7S. The van der Waals surface area contributed by atoms with Gasteiger partial charge in [0.05, 0.1) is 23.5 Å². The zero-order valence-electron chi connectivity index (χ0n) is 24.2. The topological polar surface area (TPSA) is 160 Å². The Kier molecular flexibility index (Phi) is 11.8. The molecule has 43 heavy (non-hydrogen) atoms. The van der Waals surface area contributed by atoms with Crippen molar-refractivity contribution in [3.05, 3.63) is 77.9 Å². The number of rotatable bonds is 15. The Morgan fingerprint density at radius 2 is 1.67 bits per heavy atom. The first kappa shape index (κ1) is 32.3. The van der Waals surface area contributed by atoms with E-state index in [0.717, 1.165) is 48.8 Å². The Morgan fingerprint density at radius 3 is 2.37 bits per heavy atom. The van der Waals surface area contributed by atoms with Gasteiger partial charge in [0.1, 0.15) is 18.1 Å². The maximum absolute atomic E-state index is 13.0. The zero-order chi connectivity index (χ0) is 30.7. The van der Waals surface area contributed by atoms with Gasteiger partial charge in [-0.15, -0.1) is 0 Å². The van der Waals surface area contributed by atoms with E-state index in [1.54, 1.807) is 42.5 Å². The third-order valence-electron chi connectivity index (χ3n) is 7.29. The number of hydrogen-bond donors (Lipinski definition) is 5. The number of anilines is 1. The summed E-state index contributed by atoms with van der Waals surface area (Å²) in [5.74, 6) is -0.0739. The minimum Gasteiger partial charge on any atom is -0.492 e. The van der Waals surface area contributed by atoms with Gasteiger partial charge in [0, 0.05) is 25.4 Å². The number of sulfonamides is 1. The number of ether oxygens (including phenoxy) is 2. The first-order valence-corrected chi connectivity index (χ1v) is 16.3. The summed E-state index contributed by atoms with van der Waals surface area (Å²) in [6.07, 6.45) is 4.34. The first-order chi connectivity index (χ1) is 20.7. The molecule has 0 unspecified atom stereocenters. The molecule has 1 saturated carbocycles. The molecule has 0 heterocycles. The summed E-state index contributed by atoms with van der Waals surface area (Å²) in [6.45, 7) is 1.07. The normalized spacial score (nSPS) is 14.7. The number of aliphatic hydroxyl groups is 2. The number of nitrogens with two attached hydrogens (primary N) is 1. The van der Waals surface area contributed by atoms with E-state index in [1.165, 1.54) is 0 Å². The van der Waals surface area contributed by atoms with Crippen LogP contribution in [0.5, 0.6) is 11.5 Å². The van der Waals surface area contributed by atoms with Crippen LogP contribution in [0.1, 0.15) is 60.6 Å². The van der Waals surface area contributed by atoms with Crippen molar-refractivity contribution in [2.45, 2.75) is 50.7 Å². The highest BCUT2D eigenvalue weighted by Crippen LogP contribution is 2.32. The fourth-order valence-electron chi connectivity index (χ4n) is 4.91. The number of nitrogen functional groups attached to an aromatic ring is 1. The Balaban J connectivity index is 1.37. The average molecular weight is 612 g/mol. The SMILES string of the molecule is Nc1ccc([C@H](O)CNCCOc2ccc(-c3ccc(C(=O)NS(=O)(=O)CCCO)c(OC4CCCCC4)c3)cc2)cc1. The minimum absolute atomic E-state index is 0.0385. The van der Waals surface area contributed by atoms with Crippen molar-refractivity contribution in [2.24, 2.45) is 0 Å². The lowest BCUT2D eigenvalue weighted by atomic mass is 9.97. The van der Waals surface area contributed by atoms with Crippen molar-refractivity contribution in [1.29, 1.82) is 0 Å². The van der Waals surface area contributed by atoms with E-state index in [9.17, 15) is 18.3 Å². The predicted molar refractivity (Wildman–Crippen MR) is 167 cm³/mol. The Hall–Kier alpha value is -3.64. The third kappa shape index (κ3) is 9.96. The molecule has 1 fully saturated rings. The number of hydrogen-bond acceptors (Lipinski definition) is 9. The molecule has 0 radical (unpaired) electrons. The molecule has 6 N–H and O–H groups in total. The monoisotopic (exact) mass is 611 g/mol. The van der Waals surface area contributed by atoms with Crippen molar-refractivity contribution in [2.75, 3.05) is 37.8 Å². The second-order valence-electron chi connectivity index (χ2n) is 10.7. The van der Waals surface area contributed by atoms with E-state index >= 15 is 0 Å². The van der Waals surface area contributed by atoms with Crippen LogP contribution >= 0.6 is 0 Å². The molecule has 0 bridgehead atoms. The molecular weight excluding hydrogens is 570 g/mol. The lowest BCUT2D eigenvalue weighted by Gasteiger charge is -2.24. The molecule has 3 aromatic carbocycles. The van der Waals surface area contributed by atoms with Gasteiger partial charge in [-0.25, -0.2) is 13.1 Å². The van der Waals surface area contributed by atoms with Crippen LogP contribution in [0, 0.1) is 0 Å². The van der Waals surface area contributed by atoms with E-state index < -0.39 is 22.0 Å². The average Bonchev–Trinajstić information content (AvgIpc) is 3.00. The summed E-state index contributed by atoms with van der Waals surface area (Å²) in [4.78, 5) is 13.0. The first-order valence-electron chi connectivity index (χ1n) is 14.7. The Bertz CT molecular complexity index is 1420. The molecule has 0 spiro atoms. The molecule has 11 heteroatoms. The highest BCUT2D eigenvalue weighted by atomic mass is 32.2. The van der Waals surface area contributed by atoms with Gasteiger partial charge in [0.15, 0.2) is 0 Å². The fraction of sp³-hybridized carbons (Fsp3) is 0.406. The van der Waals surface area contributed by atoms with Crippen LogP contribution in [-0.4, -0.2) is 62.7 Å². The quantitative estimate of drug-likeness (QED) is 0.127. The molecule has 1 amide bonds. The molecule has 0 aliphatic heterocycles. The second kappa shape index (κ2) is 15.7. The van der Waals surface area contributed by atoms with Gasteiger partial charge >= 0.3 is 0 Å². The summed E-state index contributed by atoms with van der Waals surface area (Å²) >= 11 is 0. The smallest absolute Gasteiger partial charge is 0.268 e. The fourth-order valence-corrected chi connectivity index (χ4v) is 5.91. The highest BCUT2D eigenvalue weighted by molar-refractivity contribution is 7.90. The Morgan fingerprint density at radius 1 is 0.977 bits per heavy atom. The van der Waals surface area contributed by atoms with Crippen molar-refractivity contribution in [3.63, 3.8) is 0 Å². The molecule has 0 aromatic heterocycles. The van der Waals surface area contributed by atoms with Crippen molar-refractivity contribution in [3.8, 4) is 22.6 Å². The number of amides is 1. The van der Waals surface area contributed by atoms with Crippen LogP contribution in [0.15, 0.2) is 66.7 Å². The van der Waals surface area contributed by atoms with Crippen LogP contribution in [-0.2, 0) is 10.0 Å². The van der Waals surface area contributed by atoms with Crippen molar-refractivity contribution < 1.29 is 32.9 Å². The maximum Gasteiger partial charge on any atom is 0.268 e. The molecule has 0 saturated heterocycles. The molecule has 3 aromatic rings. The second-order valence-corrected chi connectivity index (χ2v) is 12.5. The van der Waals surface area contributed by atoms with Gasteiger partial charge in [-0.2, -0.15) is 0 Å². The summed E-state index contributed by atoms with van der Waals surface area (Å²) in [6, 6.07) is 19.8. The molecule has 232 valence electrons. The van der Waals surface area contributed by atoms with Crippen LogP contribution in [0.3, 0.4) is 0 Å². The molecule has 4 rings (SSSR count). The summed E-state index contributed by atoms with van der Waals surface area (Å²) in [5, 5.41) is 22.4. The largest absolute Gasteiger partial charge is 0.492 e.